The number of hydrogen-bond donors (Lipinski definition) is 1. The molecule has 0 aliphatic carbocycles. The van der Waals surface area contributed by atoms with E-state index in [9.17, 15) is 0 Å². The Kier molecular flexibility index (Phi) is 5.70. The normalized spacial score (nSPS) is 16.8. The molecular formula is C9H20O. The van der Waals surface area contributed by atoms with E-state index in [4.69, 9.17) is 5.11 Å². The molecule has 0 spiro atoms. The van der Waals surface area contributed by atoms with Crippen LogP contribution in [-0.4, -0.2) is 11.2 Å². The lowest BCUT2D eigenvalue weighted by molar-refractivity contribution is 0.178. The van der Waals surface area contributed by atoms with Crippen molar-refractivity contribution in [2.75, 3.05) is 0 Å². The Morgan fingerprint density at radius 2 is 1.80 bits per heavy atom. The molecule has 0 fully saturated rings. The van der Waals surface area contributed by atoms with Gasteiger partial charge in [0.15, 0.2) is 0 Å². The molecule has 0 radical (unpaired) electrons. The molecule has 1 heteroatoms. The third kappa shape index (κ3) is 6.09. The van der Waals surface area contributed by atoms with Gasteiger partial charge in [0.2, 0.25) is 0 Å². The van der Waals surface area contributed by atoms with E-state index in [1.807, 2.05) is 6.92 Å². The summed E-state index contributed by atoms with van der Waals surface area (Å²) in [6.45, 7) is 6.34. The molecule has 10 heavy (non-hydrogen) atoms. The summed E-state index contributed by atoms with van der Waals surface area (Å²) in [5, 5.41) is 8.94. The quantitative estimate of drug-likeness (QED) is 0.628. The smallest absolute Gasteiger partial charge is 0.0512 e. The summed E-state index contributed by atoms with van der Waals surface area (Å²) >= 11 is 0. The van der Waals surface area contributed by atoms with Crippen LogP contribution in [0.15, 0.2) is 0 Å². The summed E-state index contributed by atoms with van der Waals surface area (Å²) in [5.74, 6) is 0.832. The lowest BCUT2D eigenvalue weighted by atomic mass is 10.0. The van der Waals surface area contributed by atoms with Crippen LogP contribution >= 0.6 is 0 Å². The largest absolute Gasteiger partial charge is 0.393 e. The van der Waals surface area contributed by atoms with Crippen LogP contribution in [0.3, 0.4) is 0 Å². The van der Waals surface area contributed by atoms with Crippen LogP contribution in [0.5, 0.6) is 0 Å². The second-order valence-electron chi connectivity index (χ2n) is 3.29. The maximum atomic E-state index is 8.94. The fraction of sp³-hybridized carbons (Fsp3) is 1.00. The van der Waals surface area contributed by atoms with Gasteiger partial charge in [-0.15, -0.1) is 0 Å². The first-order chi connectivity index (χ1) is 4.66. The number of rotatable bonds is 5. The summed E-state index contributed by atoms with van der Waals surface area (Å²) in [6, 6.07) is 0. The molecule has 0 rings (SSSR count). The fourth-order valence-corrected chi connectivity index (χ4v) is 0.966. The minimum Gasteiger partial charge on any atom is -0.393 e. The van der Waals surface area contributed by atoms with E-state index < -0.39 is 0 Å². The number of aliphatic hydroxyl groups is 1. The van der Waals surface area contributed by atoms with Crippen molar-refractivity contribution in [1.29, 1.82) is 0 Å². The lowest BCUT2D eigenvalue weighted by Crippen LogP contribution is -2.00. The highest BCUT2D eigenvalue weighted by Gasteiger charge is 1.99. The first-order valence-corrected chi connectivity index (χ1v) is 4.34. The standard InChI is InChI=1S/C9H20O/c1-4-8(2)6-5-7-9(3)10/h8-10H,4-7H2,1-3H3. The van der Waals surface area contributed by atoms with Crippen LogP contribution in [0.25, 0.3) is 0 Å². The maximum Gasteiger partial charge on any atom is 0.0512 e. The van der Waals surface area contributed by atoms with Crippen LogP contribution in [0.1, 0.15) is 46.5 Å². The molecule has 0 aromatic heterocycles. The Labute approximate surface area is 64.5 Å². The van der Waals surface area contributed by atoms with Gasteiger partial charge in [0.05, 0.1) is 6.10 Å². The monoisotopic (exact) mass is 144 g/mol. The van der Waals surface area contributed by atoms with Crippen LogP contribution in [0.2, 0.25) is 0 Å². The highest BCUT2D eigenvalue weighted by Crippen LogP contribution is 2.11. The Hall–Kier alpha value is -0.0400. The Morgan fingerprint density at radius 1 is 1.20 bits per heavy atom. The minimum absolute atomic E-state index is 0.107. The predicted octanol–water partition coefficient (Wildman–Crippen LogP) is 2.58. The van der Waals surface area contributed by atoms with E-state index in [1.54, 1.807) is 0 Å². The molecule has 2 atom stereocenters. The molecule has 0 amide bonds. The average Bonchev–Trinajstić information content (AvgIpc) is 1.87. The molecule has 0 heterocycles. The van der Waals surface area contributed by atoms with Crippen LogP contribution in [0.4, 0.5) is 0 Å². The molecule has 1 nitrogen and oxygen atoms in total. The van der Waals surface area contributed by atoms with Gasteiger partial charge < -0.3 is 5.11 Å². The third-order valence-corrected chi connectivity index (χ3v) is 2.02. The van der Waals surface area contributed by atoms with Crippen molar-refractivity contribution >= 4 is 0 Å². The second-order valence-corrected chi connectivity index (χ2v) is 3.29. The van der Waals surface area contributed by atoms with Crippen LogP contribution in [0, 0.1) is 5.92 Å². The molecule has 1 N–H and O–H groups in total. The highest BCUT2D eigenvalue weighted by molar-refractivity contribution is 4.53. The molecule has 0 saturated heterocycles. The topological polar surface area (TPSA) is 20.2 Å². The predicted molar refractivity (Wildman–Crippen MR) is 45.0 cm³/mol. The fourth-order valence-electron chi connectivity index (χ4n) is 0.966. The Morgan fingerprint density at radius 3 is 2.20 bits per heavy atom. The van der Waals surface area contributed by atoms with E-state index in [2.05, 4.69) is 13.8 Å². The molecule has 2 unspecified atom stereocenters. The number of hydrogen-bond acceptors (Lipinski definition) is 1. The van der Waals surface area contributed by atoms with Crippen LogP contribution in [-0.2, 0) is 0 Å². The zero-order valence-corrected chi connectivity index (χ0v) is 7.43. The van der Waals surface area contributed by atoms with Gasteiger partial charge in [-0.2, -0.15) is 0 Å². The number of aliphatic hydroxyl groups excluding tert-OH is 1. The van der Waals surface area contributed by atoms with E-state index in [-0.39, 0.29) is 6.10 Å². The van der Waals surface area contributed by atoms with E-state index >= 15 is 0 Å². The Balaban J connectivity index is 3.03. The van der Waals surface area contributed by atoms with Gasteiger partial charge in [0.1, 0.15) is 0 Å². The van der Waals surface area contributed by atoms with Crippen LogP contribution < -0.4 is 0 Å². The summed E-state index contributed by atoms with van der Waals surface area (Å²) in [7, 11) is 0. The zero-order chi connectivity index (χ0) is 7.98. The van der Waals surface area contributed by atoms with Gasteiger partial charge >= 0.3 is 0 Å². The molecule has 0 bridgehead atoms. The minimum atomic E-state index is -0.107. The lowest BCUT2D eigenvalue weighted by Gasteiger charge is -2.08. The van der Waals surface area contributed by atoms with Gasteiger partial charge in [-0.1, -0.05) is 33.1 Å². The van der Waals surface area contributed by atoms with Crippen molar-refractivity contribution in [3.63, 3.8) is 0 Å². The molecule has 0 aromatic carbocycles. The van der Waals surface area contributed by atoms with E-state index in [0.29, 0.717) is 0 Å². The van der Waals surface area contributed by atoms with E-state index in [0.717, 1.165) is 12.3 Å². The first-order valence-electron chi connectivity index (χ1n) is 4.34. The average molecular weight is 144 g/mol. The van der Waals surface area contributed by atoms with Gasteiger partial charge in [-0.3, -0.25) is 0 Å². The molecular weight excluding hydrogens is 124 g/mol. The molecule has 0 aromatic rings. The van der Waals surface area contributed by atoms with Crippen molar-refractivity contribution < 1.29 is 5.11 Å². The third-order valence-electron chi connectivity index (χ3n) is 2.02. The van der Waals surface area contributed by atoms with Gasteiger partial charge in [0, 0.05) is 0 Å². The maximum absolute atomic E-state index is 8.94. The molecule has 62 valence electrons. The zero-order valence-electron chi connectivity index (χ0n) is 7.43. The van der Waals surface area contributed by atoms with Gasteiger partial charge in [-0.05, 0) is 19.3 Å². The molecule has 0 saturated carbocycles. The van der Waals surface area contributed by atoms with Crippen molar-refractivity contribution in [3.05, 3.63) is 0 Å². The Bertz CT molecular complexity index is 69.1. The second kappa shape index (κ2) is 5.72. The van der Waals surface area contributed by atoms with Crippen molar-refractivity contribution in [3.8, 4) is 0 Å². The summed E-state index contributed by atoms with van der Waals surface area (Å²) in [6.07, 6.45) is 4.56. The first kappa shape index (κ1) is 9.96. The summed E-state index contributed by atoms with van der Waals surface area (Å²) < 4.78 is 0. The SMILES string of the molecule is CCC(C)CCCC(C)O. The van der Waals surface area contributed by atoms with Crippen molar-refractivity contribution in [2.45, 2.75) is 52.6 Å². The summed E-state index contributed by atoms with van der Waals surface area (Å²) in [4.78, 5) is 0. The molecule has 0 aliphatic rings. The summed E-state index contributed by atoms with van der Waals surface area (Å²) in [5.41, 5.74) is 0. The van der Waals surface area contributed by atoms with E-state index in [1.165, 1.54) is 19.3 Å². The highest BCUT2D eigenvalue weighted by atomic mass is 16.3. The van der Waals surface area contributed by atoms with Gasteiger partial charge in [-0.25, -0.2) is 0 Å². The van der Waals surface area contributed by atoms with Crippen molar-refractivity contribution in [2.24, 2.45) is 5.92 Å². The van der Waals surface area contributed by atoms with Gasteiger partial charge in [0.25, 0.3) is 0 Å². The van der Waals surface area contributed by atoms with Crippen molar-refractivity contribution in [1.82, 2.24) is 0 Å². The molecule has 0 aliphatic heterocycles.